The molecule has 2 nitrogen and oxygen atoms in total. The number of hydrogen-bond donors (Lipinski definition) is 1. The van der Waals surface area contributed by atoms with Crippen LogP contribution in [0.4, 0.5) is 5.69 Å². The summed E-state index contributed by atoms with van der Waals surface area (Å²) >= 11 is 3.46. The first-order chi connectivity index (χ1) is 6.66. The minimum atomic E-state index is 0.634. The SMILES string of the molecule is Cc1cnc(Br)c(NC2CCC2C)c1. The number of pyridine rings is 1. The maximum Gasteiger partial charge on any atom is 0.129 e. The van der Waals surface area contributed by atoms with Crippen LogP contribution >= 0.6 is 15.9 Å². The van der Waals surface area contributed by atoms with Gasteiger partial charge in [-0.25, -0.2) is 4.98 Å². The Morgan fingerprint density at radius 3 is 2.86 bits per heavy atom. The highest BCUT2D eigenvalue weighted by Gasteiger charge is 2.26. The highest BCUT2D eigenvalue weighted by molar-refractivity contribution is 9.10. The zero-order valence-corrected chi connectivity index (χ0v) is 10.1. The number of hydrogen-bond acceptors (Lipinski definition) is 2. The zero-order valence-electron chi connectivity index (χ0n) is 8.55. The molecule has 1 aliphatic rings. The first-order valence-corrected chi connectivity index (χ1v) is 5.85. The molecule has 2 atom stereocenters. The van der Waals surface area contributed by atoms with Crippen molar-refractivity contribution in [3.63, 3.8) is 0 Å². The fourth-order valence-corrected chi connectivity index (χ4v) is 2.07. The molecule has 1 fully saturated rings. The van der Waals surface area contributed by atoms with Gasteiger partial charge in [0.25, 0.3) is 0 Å². The predicted molar refractivity (Wildman–Crippen MR) is 62.5 cm³/mol. The lowest BCUT2D eigenvalue weighted by molar-refractivity contribution is 0.303. The van der Waals surface area contributed by atoms with Gasteiger partial charge >= 0.3 is 0 Å². The summed E-state index contributed by atoms with van der Waals surface area (Å²) in [6, 6.07) is 2.78. The highest BCUT2D eigenvalue weighted by Crippen LogP contribution is 2.31. The molecule has 1 N–H and O–H groups in total. The maximum absolute atomic E-state index is 4.27. The van der Waals surface area contributed by atoms with Crippen LogP contribution in [0.1, 0.15) is 25.3 Å². The van der Waals surface area contributed by atoms with E-state index in [2.05, 4.69) is 46.1 Å². The van der Waals surface area contributed by atoms with Gasteiger partial charge in [0.1, 0.15) is 4.60 Å². The van der Waals surface area contributed by atoms with Gasteiger partial charge in [-0.05, 0) is 53.2 Å². The third kappa shape index (κ3) is 1.92. The van der Waals surface area contributed by atoms with Gasteiger partial charge in [0, 0.05) is 12.2 Å². The van der Waals surface area contributed by atoms with E-state index in [-0.39, 0.29) is 0 Å². The third-order valence-corrected chi connectivity index (χ3v) is 3.57. The molecule has 2 unspecified atom stereocenters. The number of aryl methyl sites for hydroxylation is 1. The Morgan fingerprint density at radius 2 is 2.29 bits per heavy atom. The summed E-state index contributed by atoms with van der Waals surface area (Å²) in [6.07, 6.45) is 4.50. The minimum absolute atomic E-state index is 0.634. The van der Waals surface area contributed by atoms with Crippen LogP contribution in [0.25, 0.3) is 0 Å². The molecule has 2 rings (SSSR count). The van der Waals surface area contributed by atoms with E-state index in [9.17, 15) is 0 Å². The fourth-order valence-electron chi connectivity index (χ4n) is 1.73. The summed E-state index contributed by atoms with van der Waals surface area (Å²) in [7, 11) is 0. The second-order valence-corrected chi connectivity index (χ2v) is 4.91. The van der Waals surface area contributed by atoms with Crippen LogP contribution in [-0.2, 0) is 0 Å². The van der Waals surface area contributed by atoms with E-state index >= 15 is 0 Å². The summed E-state index contributed by atoms with van der Waals surface area (Å²) in [5.41, 5.74) is 2.32. The molecule has 0 aromatic carbocycles. The monoisotopic (exact) mass is 254 g/mol. The largest absolute Gasteiger partial charge is 0.380 e. The Kier molecular flexibility index (Phi) is 2.77. The Balaban J connectivity index is 2.11. The average molecular weight is 255 g/mol. The third-order valence-electron chi connectivity index (χ3n) is 2.94. The van der Waals surface area contributed by atoms with E-state index in [1.54, 1.807) is 0 Å². The van der Waals surface area contributed by atoms with Crippen LogP contribution in [0.5, 0.6) is 0 Å². The lowest BCUT2D eigenvalue weighted by Gasteiger charge is -2.35. The Morgan fingerprint density at radius 1 is 1.50 bits per heavy atom. The van der Waals surface area contributed by atoms with E-state index in [0.717, 1.165) is 16.2 Å². The molecule has 1 heterocycles. The average Bonchev–Trinajstić information content (AvgIpc) is 2.17. The van der Waals surface area contributed by atoms with Crippen LogP contribution in [0.15, 0.2) is 16.9 Å². The fraction of sp³-hybridized carbons (Fsp3) is 0.545. The number of aromatic nitrogens is 1. The molecule has 0 bridgehead atoms. The minimum Gasteiger partial charge on any atom is -0.380 e. The van der Waals surface area contributed by atoms with E-state index in [4.69, 9.17) is 0 Å². The van der Waals surface area contributed by atoms with E-state index < -0.39 is 0 Å². The van der Waals surface area contributed by atoms with E-state index in [1.807, 2.05) is 6.20 Å². The number of rotatable bonds is 2. The van der Waals surface area contributed by atoms with E-state index in [1.165, 1.54) is 18.4 Å². The lowest BCUT2D eigenvalue weighted by atomic mass is 9.81. The number of nitrogens with zero attached hydrogens (tertiary/aromatic N) is 1. The molecule has 1 aromatic rings. The van der Waals surface area contributed by atoms with Crippen molar-refractivity contribution in [1.29, 1.82) is 0 Å². The van der Waals surface area contributed by atoms with Gasteiger partial charge in [0.15, 0.2) is 0 Å². The van der Waals surface area contributed by atoms with E-state index in [0.29, 0.717) is 6.04 Å². The van der Waals surface area contributed by atoms with Crippen LogP contribution in [0.3, 0.4) is 0 Å². The normalized spacial score (nSPS) is 25.6. The van der Waals surface area contributed by atoms with Gasteiger partial charge in [0.2, 0.25) is 0 Å². The second-order valence-electron chi connectivity index (χ2n) is 4.16. The van der Waals surface area contributed by atoms with Gasteiger partial charge in [-0.15, -0.1) is 0 Å². The molecular formula is C11H15BrN2. The second kappa shape index (κ2) is 3.89. The van der Waals surface area contributed by atoms with Crippen molar-refractivity contribution in [1.82, 2.24) is 4.98 Å². The van der Waals surface area contributed by atoms with Crippen LogP contribution in [0, 0.1) is 12.8 Å². The van der Waals surface area contributed by atoms with Crippen LogP contribution < -0.4 is 5.32 Å². The lowest BCUT2D eigenvalue weighted by Crippen LogP contribution is -2.36. The van der Waals surface area contributed by atoms with Gasteiger partial charge in [-0.2, -0.15) is 0 Å². The Labute approximate surface area is 93.3 Å². The topological polar surface area (TPSA) is 24.9 Å². The van der Waals surface area contributed by atoms with Crippen LogP contribution in [-0.4, -0.2) is 11.0 Å². The smallest absolute Gasteiger partial charge is 0.129 e. The van der Waals surface area contributed by atoms with Gasteiger partial charge in [-0.1, -0.05) is 6.92 Å². The van der Waals surface area contributed by atoms with Crippen molar-refractivity contribution >= 4 is 21.6 Å². The molecule has 1 aromatic heterocycles. The van der Waals surface area contributed by atoms with Crippen molar-refractivity contribution in [3.8, 4) is 0 Å². The summed E-state index contributed by atoms with van der Waals surface area (Å²) in [5, 5.41) is 3.53. The Bertz CT molecular complexity index is 338. The molecule has 1 aliphatic carbocycles. The quantitative estimate of drug-likeness (QED) is 0.819. The van der Waals surface area contributed by atoms with Crippen molar-refractivity contribution in [3.05, 3.63) is 22.4 Å². The maximum atomic E-state index is 4.27. The van der Waals surface area contributed by atoms with Gasteiger partial charge < -0.3 is 5.32 Å². The highest BCUT2D eigenvalue weighted by atomic mass is 79.9. The Hall–Kier alpha value is -0.570. The molecule has 0 spiro atoms. The number of anilines is 1. The molecule has 0 saturated heterocycles. The molecule has 0 amide bonds. The summed E-state index contributed by atoms with van der Waals surface area (Å²) in [4.78, 5) is 4.27. The van der Waals surface area contributed by atoms with Crippen LogP contribution in [0.2, 0.25) is 0 Å². The van der Waals surface area contributed by atoms with Crippen molar-refractivity contribution < 1.29 is 0 Å². The summed E-state index contributed by atoms with van der Waals surface area (Å²) < 4.78 is 0.919. The molecule has 76 valence electrons. The standard InChI is InChI=1S/C11H15BrN2/c1-7-5-10(11(12)13-6-7)14-9-4-3-8(9)2/h5-6,8-9,14H,3-4H2,1-2H3. The molecule has 14 heavy (non-hydrogen) atoms. The van der Waals surface area contributed by atoms with Gasteiger partial charge in [0.05, 0.1) is 5.69 Å². The molecule has 1 saturated carbocycles. The summed E-state index contributed by atoms with van der Waals surface area (Å²) in [5.74, 6) is 0.794. The molecule has 0 radical (unpaired) electrons. The van der Waals surface area contributed by atoms with Crippen molar-refractivity contribution in [2.75, 3.05) is 5.32 Å². The predicted octanol–water partition coefficient (Wildman–Crippen LogP) is 3.36. The number of halogens is 1. The first kappa shape index (κ1) is 9.97. The first-order valence-electron chi connectivity index (χ1n) is 5.05. The summed E-state index contributed by atoms with van der Waals surface area (Å²) in [6.45, 7) is 4.35. The molecule has 0 aliphatic heterocycles. The zero-order chi connectivity index (χ0) is 10.1. The van der Waals surface area contributed by atoms with Crippen molar-refractivity contribution in [2.24, 2.45) is 5.92 Å². The van der Waals surface area contributed by atoms with Crippen molar-refractivity contribution in [2.45, 2.75) is 32.7 Å². The molecule has 3 heteroatoms. The molecular weight excluding hydrogens is 240 g/mol. The van der Waals surface area contributed by atoms with Gasteiger partial charge in [-0.3, -0.25) is 0 Å². The number of nitrogens with one attached hydrogen (secondary N) is 1.